The van der Waals surface area contributed by atoms with Crippen LogP contribution in [0.1, 0.15) is 37.3 Å². The lowest BCUT2D eigenvalue weighted by Crippen LogP contribution is -2.42. The molecule has 2 aromatic rings. The molecule has 0 spiro atoms. The molecule has 0 bridgehead atoms. The summed E-state index contributed by atoms with van der Waals surface area (Å²) < 4.78 is 12.0. The Morgan fingerprint density at radius 2 is 1.96 bits per heavy atom. The van der Waals surface area contributed by atoms with Crippen LogP contribution in [-0.2, 0) is 6.54 Å². The van der Waals surface area contributed by atoms with Gasteiger partial charge in [-0.25, -0.2) is 4.79 Å². The number of nitrogens with one attached hydrogen (secondary N) is 1. The van der Waals surface area contributed by atoms with Gasteiger partial charge >= 0.3 is 6.03 Å². The SMILES string of the molecule is CCN(Cc1ccc(Cl)s1)C(=O)NC(c1ccc2c(c1)OCCO2)C(C)C. The molecule has 7 heteroatoms. The molecule has 3 rings (SSSR count). The Morgan fingerprint density at radius 3 is 2.59 bits per heavy atom. The van der Waals surface area contributed by atoms with Crippen LogP contribution in [0.25, 0.3) is 0 Å². The molecule has 0 aliphatic carbocycles. The van der Waals surface area contributed by atoms with Crippen LogP contribution in [0.15, 0.2) is 30.3 Å². The third-order valence-corrected chi connectivity index (χ3v) is 5.73. The maximum Gasteiger partial charge on any atom is 0.318 e. The molecule has 1 unspecified atom stereocenters. The van der Waals surface area contributed by atoms with Crippen molar-refractivity contribution in [3.63, 3.8) is 0 Å². The van der Waals surface area contributed by atoms with E-state index >= 15 is 0 Å². The van der Waals surface area contributed by atoms with Gasteiger partial charge in [0.1, 0.15) is 13.2 Å². The zero-order valence-electron chi connectivity index (χ0n) is 15.8. The number of hydrogen-bond donors (Lipinski definition) is 1. The molecule has 146 valence electrons. The summed E-state index contributed by atoms with van der Waals surface area (Å²) >= 11 is 7.51. The highest BCUT2D eigenvalue weighted by molar-refractivity contribution is 7.16. The van der Waals surface area contributed by atoms with Crippen molar-refractivity contribution in [3.8, 4) is 11.5 Å². The highest BCUT2D eigenvalue weighted by Crippen LogP contribution is 2.34. The van der Waals surface area contributed by atoms with Gasteiger partial charge in [-0.1, -0.05) is 31.5 Å². The zero-order valence-corrected chi connectivity index (χ0v) is 17.4. The number of urea groups is 1. The van der Waals surface area contributed by atoms with Crippen molar-refractivity contribution in [2.75, 3.05) is 19.8 Å². The maximum atomic E-state index is 12.9. The number of ether oxygens (including phenoxy) is 2. The van der Waals surface area contributed by atoms with Gasteiger partial charge < -0.3 is 19.7 Å². The number of nitrogens with zero attached hydrogens (tertiary/aromatic N) is 1. The molecule has 2 heterocycles. The number of thiophene rings is 1. The molecule has 0 radical (unpaired) electrons. The standard InChI is InChI=1S/C20H25ClN2O3S/c1-4-23(12-15-6-8-18(21)27-15)20(24)22-19(13(2)3)14-5-7-16-17(11-14)26-10-9-25-16/h5-8,11,13,19H,4,9-10,12H2,1-3H3,(H,22,24). The van der Waals surface area contributed by atoms with Gasteiger partial charge in [0.15, 0.2) is 11.5 Å². The van der Waals surface area contributed by atoms with Gasteiger partial charge in [-0.15, -0.1) is 11.3 Å². The average Bonchev–Trinajstić information content (AvgIpc) is 3.08. The van der Waals surface area contributed by atoms with Gasteiger partial charge in [0.2, 0.25) is 0 Å². The molecule has 1 aliphatic rings. The summed E-state index contributed by atoms with van der Waals surface area (Å²) in [5.41, 5.74) is 1.01. The molecule has 0 saturated carbocycles. The molecule has 0 saturated heterocycles. The normalized spacial score (nSPS) is 14.1. The predicted octanol–water partition coefficient (Wildman–Crippen LogP) is 5.10. The number of benzene rings is 1. The molecule has 27 heavy (non-hydrogen) atoms. The summed E-state index contributed by atoms with van der Waals surface area (Å²) in [7, 11) is 0. The Morgan fingerprint density at radius 1 is 1.22 bits per heavy atom. The van der Waals surface area contributed by atoms with Crippen molar-refractivity contribution >= 4 is 29.0 Å². The van der Waals surface area contributed by atoms with Gasteiger partial charge in [-0.2, -0.15) is 0 Å². The van der Waals surface area contributed by atoms with E-state index in [1.165, 1.54) is 11.3 Å². The van der Waals surface area contributed by atoms with E-state index in [2.05, 4.69) is 19.2 Å². The van der Waals surface area contributed by atoms with E-state index in [0.717, 1.165) is 26.3 Å². The monoisotopic (exact) mass is 408 g/mol. The molecule has 1 N–H and O–H groups in total. The molecule has 0 fully saturated rings. The minimum Gasteiger partial charge on any atom is -0.486 e. The molecule has 2 amide bonds. The van der Waals surface area contributed by atoms with Gasteiger partial charge in [-0.05, 0) is 42.7 Å². The first kappa shape index (κ1) is 19.8. The van der Waals surface area contributed by atoms with Crippen LogP contribution in [0, 0.1) is 5.92 Å². The molecular formula is C20H25ClN2O3S. The van der Waals surface area contributed by atoms with Crippen molar-refractivity contribution in [1.82, 2.24) is 10.2 Å². The second kappa shape index (κ2) is 8.85. The Labute approximate surface area is 169 Å². The van der Waals surface area contributed by atoms with Crippen molar-refractivity contribution < 1.29 is 14.3 Å². The average molecular weight is 409 g/mol. The first-order valence-electron chi connectivity index (χ1n) is 9.17. The van der Waals surface area contributed by atoms with E-state index in [1.54, 1.807) is 4.90 Å². The van der Waals surface area contributed by atoms with E-state index in [0.29, 0.717) is 26.3 Å². The van der Waals surface area contributed by atoms with Crippen molar-refractivity contribution in [2.45, 2.75) is 33.4 Å². The summed E-state index contributed by atoms with van der Waals surface area (Å²) in [4.78, 5) is 15.7. The summed E-state index contributed by atoms with van der Waals surface area (Å²) in [6.07, 6.45) is 0. The lowest BCUT2D eigenvalue weighted by molar-refractivity contribution is 0.171. The fourth-order valence-corrected chi connectivity index (χ4v) is 4.17. The number of carbonyl (C=O) groups excluding carboxylic acids is 1. The molecule has 1 atom stereocenters. The van der Waals surface area contributed by atoms with Crippen LogP contribution in [0.2, 0.25) is 4.34 Å². The van der Waals surface area contributed by atoms with Crippen LogP contribution in [0.4, 0.5) is 4.79 Å². The number of amides is 2. The third kappa shape index (κ3) is 4.87. The minimum absolute atomic E-state index is 0.0874. The quantitative estimate of drug-likeness (QED) is 0.723. The minimum atomic E-state index is -0.116. The summed E-state index contributed by atoms with van der Waals surface area (Å²) in [5.74, 6) is 1.72. The second-order valence-corrected chi connectivity index (χ2v) is 8.59. The summed E-state index contributed by atoms with van der Waals surface area (Å²) in [6.45, 7) is 8.44. The van der Waals surface area contributed by atoms with E-state index in [-0.39, 0.29) is 18.0 Å². The third-order valence-electron chi connectivity index (χ3n) is 4.52. The topological polar surface area (TPSA) is 50.8 Å². The molecule has 1 aromatic heterocycles. The van der Waals surface area contributed by atoms with Gasteiger partial charge in [-0.3, -0.25) is 0 Å². The number of halogens is 1. The maximum absolute atomic E-state index is 12.9. The highest BCUT2D eigenvalue weighted by Gasteiger charge is 2.23. The Hall–Kier alpha value is -1.92. The summed E-state index contributed by atoms with van der Waals surface area (Å²) in [6, 6.07) is 9.49. The largest absolute Gasteiger partial charge is 0.486 e. The fourth-order valence-electron chi connectivity index (χ4n) is 3.06. The fraction of sp³-hybridized carbons (Fsp3) is 0.450. The van der Waals surface area contributed by atoms with Crippen LogP contribution in [0.5, 0.6) is 11.5 Å². The van der Waals surface area contributed by atoms with Crippen molar-refractivity contribution in [2.24, 2.45) is 5.92 Å². The highest BCUT2D eigenvalue weighted by atomic mass is 35.5. The molecule has 1 aliphatic heterocycles. The van der Waals surface area contributed by atoms with Gasteiger partial charge in [0.25, 0.3) is 0 Å². The van der Waals surface area contributed by atoms with Crippen LogP contribution in [0.3, 0.4) is 0 Å². The van der Waals surface area contributed by atoms with E-state index in [1.807, 2.05) is 37.3 Å². The van der Waals surface area contributed by atoms with Crippen LogP contribution < -0.4 is 14.8 Å². The first-order chi connectivity index (χ1) is 13.0. The lowest BCUT2D eigenvalue weighted by Gasteiger charge is -2.28. The molecular weight excluding hydrogens is 384 g/mol. The second-order valence-electron chi connectivity index (χ2n) is 6.79. The van der Waals surface area contributed by atoms with Gasteiger partial charge in [0.05, 0.1) is 16.9 Å². The van der Waals surface area contributed by atoms with Crippen molar-refractivity contribution in [3.05, 3.63) is 45.1 Å². The smallest absolute Gasteiger partial charge is 0.318 e. The Kier molecular flexibility index (Phi) is 6.50. The predicted molar refractivity (Wildman–Crippen MR) is 109 cm³/mol. The number of fused-ring (bicyclic) bond motifs is 1. The summed E-state index contributed by atoms with van der Waals surface area (Å²) in [5, 5.41) is 3.18. The number of rotatable bonds is 6. The Bertz CT molecular complexity index is 793. The van der Waals surface area contributed by atoms with E-state index in [4.69, 9.17) is 21.1 Å². The van der Waals surface area contributed by atoms with Crippen LogP contribution >= 0.6 is 22.9 Å². The van der Waals surface area contributed by atoms with E-state index < -0.39 is 0 Å². The van der Waals surface area contributed by atoms with Crippen molar-refractivity contribution in [1.29, 1.82) is 0 Å². The Balaban J connectivity index is 1.74. The van der Waals surface area contributed by atoms with Gasteiger partial charge in [0, 0.05) is 11.4 Å². The number of carbonyl (C=O) groups is 1. The first-order valence-corrected chi connectivity index (χ1v) is 10.4. The lowest BCUT2D eigenvalue weighted by atomic mass is 9.95. The molecule has 5 nitrogen and oxygen atoms in total. The zero-order chi connectivity index (χ0) is 19.4. The number of hydrogen-bond acceptors (Lipinski definition) is 4. The molecule has 1 aromatic carbocycles. The van der Waals surface area contributed by atoms with E-state index in [9.17, 15) is 4.79 Å². The van der Waals surface area contributed by atoms with Crippen LogP contribution in [-0.4, -0.2) is 30.7 Å².